The Morgan fingerprint density at radius 1 is 0.583 bits per heavy atom. The molecule has 0 amide bonds. The second-order valence-electron chi connectivity index (χ2n) is 13.7. The third-order valence-electron chi connectivity index (χ3n) is 10.2. The molecular formula is C43H56N2O2S. The van der Waals surface area contributed by atoms with Gasteiger partial charge in [0.1, 0.15) is 0 Å². The second-order valence-corrected chi connectivity index (χ2v) is 15.6. The second kappa shape index (κ2) is 17.9. The van der Waals surface area contributed by atoms with Crippen molar-refractivity contribution in [3.63, 3.8) is 0 Å². The van der Waals surface area contributed by atoms with E-state index in [0.717, 1.165) is 24.8 Å². The zero-order valence-electron chi connectivity index (χ0n) is 29.3. The molecule has 4 aromatic carbocycles. The molecule has 5 rings (SSSR count). The van der Waals surface area contributed by atoms with E-state index in [1.807, 2.05) is 23.4 Å². The molecule has 1 unspecified atom stereocenters. The first-order valence-corrected chi connectivity index (χ1v) is 19.9. The third kappa shape index (κ3) is 8.66. The van der Waals surface area contributed by atoms with Gasteiger partial charge in [-0.1, -0.05) is 186 Å². The van der Waals surface area contributed by atoms with E-state index in [2.05, 4.69) is 103 Å². The zero-order valence-corrected chi connectivity index (χ0v) is 30.1. The van der Waals surface area contributed by atoms with Gasteiger partial charge in [0, 0.05) is 25.7 Å². The van der Waals surface area contributed by atoms with Crippen LogP contribution in [0, 0.1) is 6.92 Å². The Kier molecular flexibility index (Phi) is 13.5. The summed E-state index contributed by atoms with van der Waals surface area (Å²) < 4.78 is 30.4. The van der Waals surface area contributed by atoms with Crippen LogP contribution in [0.2, 0.25) is 0 Å². The maximum atomic E-state index is 14.3. The molecule has 1 saturated heterocycles. The Bertz CT molecular complexity index is 1490. The largest absolute Gasteiger partial charge is 0.283 e. The molecule has 256 valence electrons. The molecular weight excluding hydrogens is 609 g/mol. The number of hydrogen-bond donors (Lipinski definition) is 0. The standard InChI is InChI=1S/C43H56N2O2S/c1-3-4-5-6-7-8-9-10-11-12-22-29-41-36-44(34-35-45(41)48(46,47)42-32-30-37(2)31-33-42)43(38-23-16-13-17-24-38,39-25-18-14-19-26-39)40-27-20-15-21-28-40/h13-21,23-28,30-33,41H,3-12,22,29,34-36H2,1-2H3. The van der Waals surface area contributed by atoms with Crippen LogP contribution in [0.15, 0.2) is 120 Å². The molecule has 0 N–H and O–H groups in total. The number of aryl methyl sites for hydroxylation is 1. The monoisotopic (exact) mass is 664 g/mol. The van der Waals surface area contributed by atoms with Gasteiger partial charge in [0.15, 0.2) is 0 Å². The Morgan fingerprint density at radius 3 is 1.48 bits per heavy atom. The molecule has 1 heterocycles. The summed E-state index contributed by atoms with van der Waals surface area (Å²) in [5, 5.41) is 0. The Balaban J connectivity index is 1.41. The summed E-state index contributed by atoms with van der Waals surface area (Å²) in [4.78, 5) is 2.96. The molecule has 0 bridgehead atoms. The minimum absolute atomic E-state index is 0.126. The van der Waals surface area contributed by atoms with Gasteiger partial charge in [0.25, 0.3) is 0 Å². The van der Waals surface area contributed by atoms with Crippen molar-refractivity contribution in [2.75, 3.05) is 19.6 Å². The van der Waals surface area contributed by atoms with E-state index in [1.165, 1.54) is 74.5 Å². The van der Waals surface area contributed by atoms with Gasteiger partial charge >= 0.3 is 0 Å². The Labute approximate surface area is 291 Å². The number of benzene rings is 4. The topological polar surface area (TPSA) is 40.6 Å². The molecule has 0 radical (unpaired) electrons. The maximum Gasteiger partial charge on any atom is 0.243 e. The summed E-state index contributed by atoms with van der Waals surface area (Å²) in [5.74, 6) is 0. The van der Waals surface area contributed by atoms with Crippen molar-refractivity contribution in [3.05, 3.63) is 138 Å². The van der Waals surface area contributed by atoms with Crippen molar-refractivity contribution >= 4 is 10.0 Å². The van der Waals surface area contributed by atoms with Gasteiger partial charge in [0.2, 0.25) is 10.0 Å². The molecule has 1 aliphatic rings. The molecule has 0 saturated carbocycles. The van der Waals surface area contributed by atoms with Crippen LogP contribution in [0.4, 0.5) is 0 Å². The fourth-order valence-corrected chi connectivity index (χ4v) is 9.31. The lowest BCUT2D eigenvalue weighted by atomic mass is 9.75. The lowest BCUT2D eigenvalue weighted by molar-refractivity contribution is 0.0664. The molecule has 5 heteroatoms. The van der Waals surface area contributed by atoms with Crippen LogP contribution in [0.5, 0.6) is 0 Å². The average molecular weight is 665 g/mol. The van der Waals surface area contributed by atoms with Gasteiger partial charge in [-0.3, -0.25) is 4.90 Å². The number of piperazine rings is 1. The van der Waals surface area contributed by atoms with Gasteiger partial charge in [0.05, 0.1) is 10.4 Å². The highest BCUT2D eigenvalue weighted by Crippen LogP contribution is 2.44. The zero-order chi connectivity index (χ0) is 33.7. The summed E-state index contributed by atoms with van der Waals surface area (Å²) in [5.41, 5.74) is 4.11. The highest BCUT2D eigenvalue weighted by atomic mass is 32.2. The summed E-state index contributed by atoms with van der Waals surface area (Å²) in [6.45, 7) is 6.00. The van der Waals surface area contributed by atoms with Crippen LogP contribution in [0.1, 0.15) is 106 Å². The van der Waals surface area contributed by atoms with Gasteiger partial charge < -0.3 is 0 Å². The predicted octanol–water partition coefficient (Wildman–Crippen LogP) is 10.4. The molecule has 4 nitrogen and oxygen atoms in total. The Morgan fingerprint density at radius 2 is 1.02 bits per heavy atom. The highest BCUT2D eigenvalue weighted by Gasteiger charge is 2.47. The molecule has 1 aliphatic heterocycles. The Hall–Kier alpha value is -3.25. The van der Waals surface area contributed by atoms with Gasteiger partial charge in [-0.25, -0.2) is 8.42 Å². The number of rotatable bonds is 18. The van der Waals surface area contributed by atoms with Crippen molar-refractivity contribution in [3.8, 4) is 0 Å². The average Bonchev–Trinajstić information content (AvgIpc) is 3.12. The molecule has 48 heavy (non-hydrogen) atoms. The smallest absolute Gasteiger partial charge is 0.243 e. The number of hydrogen-bond acceptors (Lipinski definition) is 3. The van der Waals surface area contributed by atoms with E-state index >= 15 is 0 Å². The van der Waals surface area contributed by atoms with Crippen molar-refractivity contribution in [2.45, 2.75) is 107 Å². The van der Waals surface area contributed by atoms with E-state index < -0.39 is 15.6 Å². The number of nitrogens with zero attached hydrogens (tertiary/aromatic N) is 2. The SMILES string of the molecule is CCCCCCCCCCCCCC1CN(C(c2ccccc2)(c2ccccc2)c2ccccc2)CCN1S(=O)(=O)c1ccc(C)cc1. The molecule has 4 aromatic rings. The first kappa shape index (κ1) is 36.0. The van der Waals surface area contributed by atoms with Crippen molar-refractivity contribution in [2.24, 2.45) is 0 Å². The fourth-order valence-electron chi connectivity index (χ4n) is 7.67. The third-order valence-corrected chi connectivity index (χ3v) is 12.2. The highest BCUT2D eigenvalue weighted by molar-refractivity contribution is 7.89. The summed E-state index contributed by atoms with van der Waals surface area (Å²) >= 11 is 0. The van der Waals surface area contributed by atoms with E-state index in [1.54, 1.807) is 12.1 Å². The summed E-state index contributed by atoms with van der Waals surface area (Å²) in [6.07, 6.45) is 14.9. The van der Waals surface area contributed by atoms with E-state index in [9.17, 15) is 8.42 Å². The van der Waals surface area contributed by atoms with Crippen LogP contribution >= 0.6 is 0 Å². The lowest BCUT2D eigenvalue weighted by Crippen LogP contribution is -2.61. The predicted molar refractivity (Wildman–Crippen MR) is 201 cm³/mol. The van der Waals surface area contributed by atoms with Crippen LogP contribution < -0.4 is 0 Å². The number of unbranched alkanes of at least 4 members (excludes halogenated alkanes) is 10. The first-order chi connectivity index (χ1) is 23.5. The quantitative estimate of drug-likeness (QED) is 0.0785. The van der Waals surface area contributed by atoms with E-state index in [4.69, 9.17) is 0 Å². The van der Waals surface area contributed by atoms with Crippen LogP contribution in [-0.2, 0) is 15.6 Å². The first-order valence-electron chi connectivity index (χ1n) is 18.5. The minimum atomic E-state index is -3.65. The maximum absolute atomic E-state index is 14.3. The summed E-state index contributed by atoms with van der Waals surface area (Å²) in [7, 11) is -3.65. The molecule has 1 atom stereocenters. The molecule has 0 aromatic heterocycles. The normalized spacial score (nSPS) is 16.2. The van der Waals surface area contributed by atoms with Crippen molar-refractivity contribution < 1.29 is 8.42 Å². The fraction of sp³-hybridized carbons (Fsp3) is 0.442. The van der Waals surface area contributed by atoms with Crippen LogP contribution in [-0.4, -0.2) is 43.3 Å². The van der Waals surface area contributed by atoms with Gasteiger partial charge in [-0.2, -0.15) is 4.31 Å². The van der Waals surface area contributed by atoms with Gasteiger partial charge in [-0.15, -0.1) is 0 Å². The molecule has 1 fully saturated rings. The number of sulfonamides is 1. The van der Waals surface area contributed by atoms with Gasteiger partial charge in [-0.05, 0) is 42.2 Å². The lowest BCUT2D eigenvalue weighted by Gasteiger charge is -2.51. The molecule has 0 spiro atoms. The van der Waals surface area contributed by atoms with Crippen molar-refractivity contribution in [1.29, 1.82) is 0 Å². The van der Waals surface area contributed by atoms with Crippen LogP contribution in [0.25, 0.3) is 0 Å². The van der Waals surface area contributed by atoms with E-state index in [0.29, 0.717) is 24.5 Å². The molecule has 0 aliphatic carbocycles. The van der Waals surface area contributed by atoms with Crippen molar-refractivity contribution in [1.82, 2.24) is 9.21 Å². The summed E-state index contributed by atoms with van der Waals surface area (Å²) in [6, 6.07) is 39.6. The van der Waals surface area contributed by atoms with Crippen LogP contribution in [0.3, 0.4) is 0 Å². The minimum Gasteiger partial charge on any atom is -0.283 e. The van der Waals surface area contributed by atoms with E-state index in [-0.39, 0.29) is 6.04 Å².